The van der Waals surface area contributed by atoms with Gasteiger partial charge < -0.3 is 14.6 Å². The number of anilines is 1. The maximum atomic E-state index is 5.70. The molecule has 0 saturated heterocycles. The van der Waals surface area contributed by atoms with Gasteiger partial charge >= 0.3 is 0 Å². The van der Waals surface area contributed by atoms with Crippen LogP contribution < -0.4 is 10.2 Å². The van der Waals surface area contributed by atoms with E-state index >= 15 is 0 Å². The molecule has 2 aromatic rings. The summed E-state index contributed by atoms with van der Waals surface area (Å²) < 4.78 is 5.70. The summed E-state index contributed by atoms with van der Waals surface area (Å²) in [7, 11) is 0. The number of nitrogens with zero attached hydrogens (tertiary/aromatic N) is 1. The molecule has 1 aromatic carbocycles. The summed E-state index contributed by atoms with van der Waals surface area (Å²) in [6, 6.07) is 10.8. The van der Waals surface area contributed by atoms with Crippen molar-refractivity contribution in [2.75, 3.05) is 18.0 Å². The zero-order valence-electron chi connectivity index (χ0n) is 13.4. The van der Waals surface area contributed by atoms with Gasteiger partial charge in [0.1, 0.15) is 5.76 Å². The molecule has 0 aliphatic rings. The minimum Gasteiger partial charge on any atom is -0.467 e. The van der Waals surface area contributed by atoms with Crippen molar-refractivity contribution < 1.29 is 4.42 Å². The van der Waals surface area contributed by atoms with Crippen molar-refractivity contribution in [1.29, 1.82) is 0 Å². The zero-order valence-corrected chi connectivity index (χ0v) is 13.4. The van der Waals surface area contributed by atoms with Gasteiger partial charge in [0.15, 0.2) is 0 Å². The van der Waals surface area contributed by atoms with Gasteiger partial charge in [-0.2, -0.15) is 0 Å². The first-order valence-electron chi connectivity index (χ1n) is 7.81. The summed E-state index contributed by atoms with van der Waals surface area (Å²) in [6.07, 6.45) is 3.02. The summed E-state index contributed by atoms with van der Waals surface area (Å²) in [5.74, 6) is 1.02. The predicted octanol–water partition coefficient (Wildman–Crippen LogP) is 4.11. The second kappa shape index (κ2) is 7.89. The minimum atomic E-state index is 0.813. The number of nitrogens with one attached hydrogen (secondary N) is 1. The first kappa shape index (κ1) is 15.6. The Bertz CT molecular complexity index is 548. The van der Waals surface area contributed by atoms with Crippen LogP contribution in [0.15, 0.2) is 41.0 Å². The van der Waals surface area contributed by atoms with Crippen molar-refractivity contribution in [3.8, 4) is 0 Å². The average Bonchev–Trinajstić information content (AvgIpc) is 2.92. The van der Waals surface area contributed by atoms with Gasteiger partial charge in [0.2, 0.25) is 0 Å². The quantitative estimate of drug-likeness (QED) is 0.740. The Morgan fingerprint density at radius 2 is 2.05 bits per heavy atom. The fourth-order valence-corrected chi connectivity index (χ4v) is 2.41. The smallest absolute Gasteiger partial charge is 0.123 e. The Kier molecular flexibility index (Phi) is 5.88. The number of rotatable bonds is 8. The van der Waals surface area contributed by atoms with E-state index in [9.17, 15) is 0 Å². The second-order valence-electron chi connectivity index (χ2n) is 5.45. The Hall–Kier alpha value is -1.74. The minimum absolute atomic E-state index is 0.813. The highest BCUT2D eigenvalue weighted by molar-refractivity contribution is 5.48. The van der Waals surface area contributed by atoms with Crippen LogP contribution in [0.2, 0.25) is 0 Å². The first-order valence-corrected chi connectivity index (χ1v) is 7.81. The molecule has 2 rings (SSSR count). The zero-order chi connectivity index (χ0) is 15.1. The Labute approximate surface area is 128 Å². The summed E-state index contributed by atoms with van der Waals surface area (Å²) in [6.45, 7) is 10.2. The molecule has 0 bridgehead atoms. The van der Waals surface area contributed by atoms with E-state index in [1.165, 1.54) is 16.8 Å². The van der Waals surface area contributed by atoms with E-state index in [0.717, 1.165) is 38.4 Å². The standard InChI is InChI=1S/C18H26N2O/c1-4-9-19-12-16-11-18(21-14-16)13-20(5-2)17-8-6-7-15(3)10-17/h6-8,10-11,14,19H,4-5,9,12-13H2,1-3H3. The normalized spacial score (nSPS) is 10.8. The monoisotopic (exact) mass is 286 g/mol. The lowest BCUT2D eigenvalue weighted by Gasteiger charge is -2.22. The Morgan fingerprint density at radius 3 is 2.76 bits per heavy atom. The average molecular weight is 286 g/mol. The van der Waals surface area contributed by atoms with Crippen LogP contribution in [0.25, 0.3) is 0 Å². The van der Waals surface area contributed by atoms with Crippen LogP contribution in [0.1, 0.15) is 37.2 Å². The van der Waals surface area contributed by atoms with Gasteiger partial charge in [0, 0.05) is 24.3 Å². The lowest BCUT2D eigenvalue weighted by Crippen LogP contribution is -2.21. The summed E-state index contributed by atoms with van der Waals surface area (Å²) in [4.78, 5) is 2.33. The molecule has 1 aromatic heterocycles. The van der Waals surface area contributed by atoms with Gasteiger partial charge in [-0.1, -0.05) is 19.1 Å². The first-order chi connectivity index (χ1) is 10.2. The molecule has 0 saturated carbocycles. The third kappa shape index (κ3) is 4.64. The largest absolute Gasteiger partial charge is 0.467 e. The number of furan rings is 1. The highest BCUT2D eigenvalue weighted by Gasteiger charge is 2.09. The van der Waals surface area contributed by atoms with Crippen LogP contribution in [0, 0.1) is 6.92 Å². The predicted molar refractivity (Wildman–Crippen MR) is 88.6 cm³/mol. The molecule has 0 spiro atoms. The summed E-state index contributed by atoms with van der Waals surface area (Å²) in [5.41, 5.74) is 3.76. The molecular formula is C18H26N2O. The van der Waals surface area contributed by atoms with Crippen LogP contribution in [-0.2, 0) is 13.1 Å². The van der Waals surface area contributed by atoms with Crippen LogP contribution in [0.5, 0.6) is 0 Å². The van der Waals surface area contributed by atoms with Crippen LogP contribution >= 0.6 is 0 Å². The molecule has 0 amide bonds. The van der Waals surface area contributed by atoms with Crippen molar-refractivity contribution in [2.45, 2.75) is 40.3 Å². The second-order valence-corrected chi connectivity index (χ2v) is 5.45. The van der Waals surface area contributed by atoms with Gasteiger partial charge in [-0.05, 0) is 50.6 Å². The molecule has 0 atom stereocenters. The van der Waals surface area contributed by atoms with Crippen molar-refractivity contribution >= 4 is 5.69 Å². The maximum absolute atomic E-state index is 5.70. The summed E-state index contributed by atoms with van der Waals surface area (Å²) in [5, 5.41) is 3.40. The van der Waals surface area contributed by atoms with Crippen LogP contribution in [0.3, 0.4) is 0 Å². The van der Waals surface area contributed by atoms with Gasteiger partial charge in [0.05, 0.1) is 12.8 Å². The van der Waals surface area contributed by atoms with Crippen LogP contribution in [-0.4, -0.2) is 13.1 Å². The van der Waals surface area contributed by atoms with E-state index in [4.69, 9.17) is 4.42 Å². The molecule has 3 nitrogen and oxygen atoms in total. The van der Waals surface area contributed by atoms with Crippen molar-refractivity contribution in [1.82, 2.24) is 5.32 Å². The molecule has 1 N–H and O–H groups in total. The topological polar surface area (TPSA) is 28.4 Å². The van der Waals surface area contributed by atoms with E-state index in [1.807, 2.05) is 6.26 Å². The molecule has 0 aliphatic carbocycles. The van der Waals surface area contributed by atoms with E-state index in [-0.39, 0.29) is 0 Å². The van der Waals surface area contributed by atoms with Gasteiger partial charge in [0.25, 0.3) is 0 Å². The molecule has 0 unspecified atom stereocenters. The van der Waals surface area contributed by atoms with E-state index in [2.05, 4.69) is 61.3 Å². The number of aryl methyl sites for hydroxylation is 1. The van der Waals surface area contributed by atoms with E-state index in [0.29, 0.717) is 0 Å². The number of hydrogen-bond acceptors (Lipinski definition) is 3. The fourth-order valence-electron chi connectivity index (χ4n) is 2.41. The van der Waals surface area contributed by atoms with Gasteiger partial charge in [-0.3, -0.25) is 0 Å². The fraction of sp³-hybridized carbons (Fsp3) is 0.444. The van der Waals surface area contributed by atoms with Crippen molar-refractivity contribution in [3.05, 3.63) is 53.5 Å². The number of hydrogen-bond donors (Lipinski definition) is 1. The molecule has 21 heavy (non-hydrogen) atoms. The highest BCUT2D eigenvalue weighted by Crippen LogP contribution is 2.19. The van der Waals surface area contributed by atoms with Crippen molar-refractivity contribution in [2.24, 2.45) is 0 Å². The van der Waals surface area contributed by atoms with Crippen molar-refractivity contribution in [3.63, 3.8) is 0 Å². The summed E-state index contributed by atoms with van der Waals surface area (Å²) >= 11 is 0. The molecule has 0 fully saturated rings. The molecule has 114 valence electrons. The maximum Gasteiger partial charge on any atom is 0.123 e. The molecule has 1 heterocycles. The third-order valence-corrected chi connectivity index (χ3v) is 3.56. The highest BCUT2D eigenvalue weighted by atomic mass is 16.3. The SMILES string of the molecule is CCCNCc1coc(CN(CC)c2cccc(C)c2)c1. The van der Waals surface area contributed by atoms with Crippen LogP contribution in [0.4, 0.5) is 5.69 Å². The van der Waals surface area contributed by atoms with E-state index in [1.54, 1.807) is 0 Å². The Morgan fingerprint density at radius 1 is 1.19 bits per heavy atom. The van der Waals surface area contributed by atoms with E-state index < -0.39 is 0 Å². The lowest BCUT2D eigenvalue weighted by atomic mass is 10.2. The number of benzene rings is 1. The third-order valence-electron chi connectivity index (χ3n) is 3.56. The molecule has 3 heteroatoms. The van der Waals surface area contributed by atoms with Gasteiger partial charge in [-0.15, -0.1) is 0 Å². The molecular weight excluding hydrogens is 260 g/mol. The lowest BCUT2D eigenvalue weighted by molar-refractivity contribution is 0.500. The molecule has 0 radical (unpaired) electrons. The Balaban J connectivity index is 1.98. The molecule has 0 aliphatic heterocycles. The van der Waals surface area contributed by atoms with Gasteiger partial charge in [-0.25, -0.2) is 0 Å².